The summed E-state index contributed by atoms with van der Waals surface area (Å²) in [6, 6.07) is -7.86. The number of carbonyl (C=O) groups excluding carboxylic acids is 8. The molecule has 0 aliphatic carbocycles. The lowest BCUT2D eigenvalue weighted by Crippen LogP contribution is -2.61. The summed E-state index contributed by atoms with van der Waals surface area (Å²) in [6.45, 7) is 17.8. The van der Waals surface area contributed by atoms with Gasteiger partial charge in [0, 0.05) is 48.1 Å². The number of amides is 8. The van der Waals surface area contributed by atoms with Crippen LogP contribution in [-0.2, 0) is 38.4 Å². The van der Waals surface area contributed by atoms with Gasteiger partial charge in [0.05, 0.1) is 12.2 Å². The van der Waals surface area contributed by atoms with Crippen LogP contribution in [0.25, 0.3) is 0 Å². The van der Waals surface area contributed by atoms with Crippen molar-refractivity contribution in [3.63, 3.8) is 0 Å². The molecule has 0 saturated heterocycles. The van der Waals surface area contributed by atoms with Gasteiger partial charge >= 0.3 is 0 Å². The van der Waals surface area contributed by atoms with Crippen LogP contribution in [0.4, 0.5) is 0 Å². The Morgan fingerprint density at radius 1 is 0.576 bits per heavy atom. The minimum atomic E-state index is -1.46. The van der Waals surface area contributed by atoms with E-state index in [9.17, 15) is 48.6 Å². The van der Waals surface area contributed by atoms with E-state index in [1.807, 2.05) is 27.7 Å². The Morgan fingerprint density at radius 3 is 1.44 bits per heavy atom. The van der Waals surface area contributed by atoms with Gasteiger partial charge in [-0.3, -0.25) is 38.4 Å². The molecule has 0 heterocycles. The maximum atomic E-state index is 14.2. The van der Waals surface area contributed by atoms with Crippen LogP contribution >= 0.6 is 0 Å². The standard InChI is InChI=1S/C41H76N8O10/c1-17-18-32(51)46(13)31(22-50)39(57)49(16)30(21-41(10,11)59)37(55)45-33(25(6)7)40(58)48(15)29(20-24(4)5)36(54)43-26(8)34(52)44-27(9)38(56)47(14)28(19-23(2)3)35(53)42-12/h23-31,33,50,59H,17-22H2,1-16H3,(H,42,53)(H,43,54)(H,44,52)(H,45,55)/t26-,27-,28-,29-,30-,31?,33-/m0/s1. The third-order valence-corrected chi connectivity index (χ3v) is 10.2. The van der Waals surface area contributed by atoms with Crippen LogP contribution in [0.3, 0.4) is 0 Å². The third-order valence-electron chi connectivity index (χ3n) is 10.2. The molecule has 0 aromatic heterocycles. The minimum Gasteiger partial charge on any atom is -0.394 e. The molecule has 0 radical (unpaired) electrons. The highest BCUT2D eigenvalue weighted by molar-refractivity contribution is 5.97. The first-order chi connectivity index (χ1) is 27.1. The minimum absolute atomic E-state index is 0.0952. The Labute approximate surface area is 351 Å². The van der Waals surface area contributed by atoms with Crippen LogP contribution in [0.15, 0.2) is 0 Å². The van der Waals surface area contributed by atoms with E-state index in [2.05, 4.69) is 21.3 Å². The maximum absolute atomic E-state index is 14.2. The second-order valence-electron chi connectivity index (χ2n) is 17.4. The molecule has 0 bridgehead atoms. The van der Waals surface area contributed by atoms with Crippen LogP contribution in [0.5, 0.6) is 0 Å². The van der Waals surface area contributed by atoms with Gasteiger partial charge in [0.15, 0.2) is 0 Å². The van der Waals surface area contributed by atoms with Gasteiger partial charge < -0.3 is 51.1 Å². The van der Waals surface area contributed by atoms with E-state index in [4.69, 9.17) is 0 Å². The molecule has 0 aliphatic heterocycles. The van der Waals surface area contributed by atoms with Crippen molar-refractivity contribution in [1.82, 2.24) is 40.9 Å². The molecule has 6 N–H and O–H groups in total. The summed E-state index contributed by atoms with van der Waals surface area (Å²) in [6.07, 6.45) is 0.991. The lowest BCUT2D eigenvalue weighted by molar-refractivity contribution is -0.151. The SMILES string of the molecule is CCCC(=O)N(C)C(CO)C(=O)N(C)[C@@H](CC(C)(C)O)C(=O)N[C@H](C(=O)N(C)[C@@H](CC(C)C)C(=O)N[C@@H](C)C(=O)N[C@@H](C)C(=O)N(C)[C@@H](CC(C)C)C(=O)NC)C(C)C. The van der Waals surface area contributed by atoms with Crippen LogP contribution in [-0.4, -0.2) is 167 Å². The summed E-state index contributed by atoms with van der Waals surface area (Å²) in [4.78, 5) is 112. The Morgan fingerprint density at radius 2 is 1.02 bits per heavy atom. The maximum Gasteiger partial charge on any atom is 0.248 e. The fourth-order valence-electron chi connectivity index (χ4n) is 6.51. The van der Waals surface area contributed by atoms with E-state index in [0.717, 1.165) is 9.80 Å². The average Bonchev–Trinajstić information content (AvgIpc) is 3.14. The molecule has 59 heavy (non-hydrogen) atoms. The second kappa shape index (κ2) is 24.7. The summed E-state index contributed by atoms with van der Waals surface area (Å²) in [5.41, 5.74) is -1.46. The van der Waals surface area contributed by atoms with E-state index in [1.54, 1.807) is 20.8 Å². The van der Waals surface area contributed by atoms with Crippen LogP contribution < -0.4 is 21.3 Å². The molecule has 0 fully saturated rings. The predicted molar refractivity (Wildman–Crippen MR) is 224 cm³/mol. The first-order valence-corrected chi connectivity index (χ1v) is 20.6. The number of nitrogens with zero attached hydrogens (tertiary/aromatic N) is 4. The lowest BCUT2D eigenvalue weighted by Gasteiger charge is -2.37. The molecule has 0 saturated carbocycles. The van der Waals surface area contributed by atoms with Gasteiger partial charge in [-0.25, -0.2) is 0 Å². The fourth-order valence-corrected chi connectivity index (χ4v) is 6.51. The van der Waals surface area contributed by atoms with E-state index in [0.29, 0.717) is 12.8 Å². The number of aliphatic hydroxyl groups is 2. The van der Waals surface area contributed by atoms with Crippen molar-refractivity contribution in [2.75, 3.05) is 41.8 Å². The topological polar surface area (TPSA) is 238 Å². The number of hydrogen-bond donors (Lipinski definition) is 6. The molecule has 0 spiro atoms. The monoisotopic (exact) mass is 841 g/mol. The van der Waals surface area contributed by atoms with Gasteiger partial charge in [-0.05, 0) is 64.7 Å². The second-order valence-corrected chi connectivity index (χ2v) is 17.4. The van der Waals surface area contributed by atoms with Crippen molar-refractivity contribution in [3.05, 3.63) is 0 Å². The summed E-state index contributed by atoms with van der Waals surface area (Å²) < 4.78 is 0. The Hall–Kier alpha value is -4.32. The normalized spacial score (nSPS) is 15.2. The summed E-state index contributed by atoms with van der Waals surface area (Å²) in [7, 11) is 7.09. The van der Waals surface area contributed by atoms with Gasteiger partial charge in [-0.15, -0.1) is 0 Å². The van der Waals surface area contributed by atoms with Gasteiger partial charge in [-0.1, -0.05) is 48.5 Å². The predicted octanol–water partition coefficient (Wildman–Crippen LogP) is 0.236. The fraction of sp³-hybridized carbons (Fsp3) is 0.805. The van der Waals surface area contributed by atoms with Gasteiger partial charge in [-0.2, -0.15) is 0 Å². The number of hydrogen-bond acceptors (Lipinski definition) is 10. The average molecular weight is 841 g/mol. The van der Waals surface area contributed by atoms with Crippen molar-refractivity contribution >= 4 is 47.3 Å². The van der Waals surface area contributed by atoms with Crippen molar-refractivity contribution in [2.24, 2.45) is 17.8 Å². The molecule has 1 unspecified atom stereocenters. The molecule has 340 valence electrons. The summed E-state index contributed by atoms with van der Waals surface area (Å²) >= 11 is 0. The van der Waals surface area contributed by atoms with Crippen molar-refractivity contribution in [2.45, 2.75) is 156 Å². The van der Waals surface area contributed by atoms with Crippen LogP contribution in [0.2, 0.25) is 0 Å². The largest absolute Gasteiger partial charge is 0.394 e. The Kier molecular flexibility index (Phi) is 22.9. The molecule has 18 heteroatoms. The zero-order valence-electron chi connectivity index (χ0n) is 38.5. The van der Waals surface area contributed by atoms with Crippen molar-refractivity contribution in [1.29, 1.82) is 0 Å². The highest BCUT2D eigenvalue weighted by Crippen LogP contribution is 2.20. The molecule has 7 atom stereocenters. The van der Waals surface area contributed by atoms with E-state index >= 15 is 0 Å². The highest BCUT2D eigenvalue weighted by atomic mass is 16.3. The molecule has 0 aromatic rings. The number of nitrogens with one attached hydrogen (secondary N) is 4. The number of rotatable bonds is 24. The lowest BCUT2D eigenvalue weighted by atomic mass is 9.95. The molecule has 18 nitrogen and oxygen atoms in total. The first-order valence-electron chi connectivity index (χ1n) is 20.6. The number of carbonyl (C=O) groups is 8. The zero-order valence-corrected chi connectivity index (χ0v) is 38.5. The van der Waals surface area contributed by atoms with Crippen molar-refractivity contribution in [3.8, 4) is 0 Å². The van der Waals surface area contributed by atoms with E-state index < -0.39 is 95.9 Å². The smallest absolute Gasteiger partial charge is 0.248 e. The zero-order chi connectivity index (χ0) is 46.3. The highest BCUT2D eigenvalue weighted by Gasteiger charge is 2.40. The summed E-state index contributed by atoms with van der Waals surface area (Å²) in [5.74, 6) is -5.19. The van der Waals surface area contributed by atoms with Crippen molar-refractivity contribution < 1.29 is 48.6 Å². The molecule has 0 aliphatic rings. The molecular weight excluding hydrogens is 764 g/mol. The van der Waals surface area contributed by atoms with Crippen LogP contribution in [0, 0.1) is 17.8 Å². The van der Waals surface area contributed by atoms with E-state index in [-0.39, 0.29) is 42.9 Å². The number of aliphatic hydroxyl groups excluding tert-OH is 1. The Balaban J connectivity index is 6.32. The van der Waals surface area contributed by atoms with Gasteiger partial charge in [0.2, 0.25) is 47.3 Å². The molecule has 8 amide bonds. The number of likely N-dealkylation sites (N-methyl/N-ethyl adjacent to an activating group) is 5. The first kappa shape index (κ1) is 54.7. The van der Waals surface area contributed by atoms with E-state index in [1.165, 1.54) is 72.7 Å². The Bertz CT molecular complexity index is 1450. The summed E-state index contributed by atoms with van der Waals surface area (Å²) in [5, 5.41) is 31.4. The third kappa shape index (κ3) is 17.1. The van der Waals surface area contributed by atoms with Gasteiger partial charge in [0.1, 0.15) is 42.3 Å². The van der Waals surface area contributed by atoms with Gasteiger partial charge in [0.25, 0.3) is 0 Å². The molecule has 0 aromatic carbocycles. The molecule has 0 rings (SSSR count). The quantitative estimate of drug-likeness (QED) is 0.0774. The van der Waals surface area contributed by atoms with Crippen LogP contribution in [0.1, 0.15) is 108 Å². The molecular formula is C41H76N8O10.